The lowest BCUT2D eigenvalue weighted by molar-refractivity contribution is 0.0994. The summed E-state index contributed by atoms with van der Waals surface area (Å²) in [6.07, 6.45) is 2.89. The second-order valence-electron chi connectivity index (χ2n) is 6.79. The van der Waals surface area contributed by atoms with E-state index in [1.807, 2.05) is 32.0 Å². The fourth-order valence-corrected chi connectivity index (χ4v) is 3.39. The van der Waals surface area contributed by atoms with Crippen LogP contribution in [0.5, 0.6) is 0 Å². The molecule has 0 radical (unpaired) electrons. The van der Waals surface area contributed by atoms with Crippen molar-refractivity contribution in [1.82, 2.24) is 5.16 Å². The molecule has 1 aliphatic rings. The summed E-state index contributed by atoms with van der Waals surface area (Å²) in [5, 5.41) is 7.90. The first kappa shape index (κ1) is 15.0. The molecule has 0 saturated carbocycles. The van der Waals surface area contributed by atoms with Gasteiger partial charge in [-0.3, -0.25) is 10.1 Å². The van der Waals surface area contributed by atoms with E-state index in [1.165, 1.54) is 0 Å². The van der Waals surface area contributed by atoms with Crippen LogP contribution in [0.3, 0.4) is 0 Å². The van der Waals surface area contributed by atoms with Crippen LogP contribution in [0, 0.1) is 19.8 Å². The number of nitrogens with one attached hydrogen (secondary N) is 1. The monoisotopic (exact) mass is 324 g/mol. The number of carbonyl (C=O) groups is 1. The van der Waals surface area contributed by atoms with Gasteiger partial charge in [0.15, 0.2) is 5.76 Å². The molecule has 2 heterocycles. The van der Waals surface area contributed by atoms with E-state index in [9.17, 15) is 4.79 Å². The fraction of sp³-hybridized carbons (Fsp3) is 0.368. The number of rotatable bonds is 2. The van der Waals surface area contributed by atoms with E-state index < -0.39 is 0 Å². The lowest BCUT2D eigenvalue weighted by atomic mass is 9.89. The molecule has 0 aliphatic heterocycles. The highest BCUT2D eigenvalue weighted by Gasteiger charge is 2.26. The predicted molar refractivity (Wildman–Crippen MR) is 91.3 cm³/mol. The zero-order valence-corrected chi connectivity index (χ0v) is 14.1. The highest BCUT2D eigenvalue weighted by molar-refractivity contribution is 6.06. The molecule has 0 fully saturated rings. The van der Waals surface area contributed by atoms with Crippen LogP contribution in [0.2, 0.25) is 0 Å². The highest BCUT2D eigenvalue weighted by Crippen LogP contribution is 2.32. The first-order valence-corrected chi connectivity index (χ1v) is 8.31. The number of benzene rings is 1. The van der Waals surface area contributed by atoms with Crippen LogP contribution in [-0.4, -0.2) is 11.1 Å². The van der Waals surface area contributed by atoms with E-state index in [4.69, 9.17) is 8.94 Å². The van der Waals surface area contributed by atoms with E-state index >= 15 is 0 Å². The van der Waals surface area contributed by atoms with Crippen LogP contribution >= 0.6 is 0 Å². The van der Waals surface area contributed by atoms with Gasteiger partial charge in [0.2, 0.25) is 5.88 Å². The topological polar surface area (TPSA) is 68.3 Å². The molecule has 0 unspecified atom stereocenters. The molecular weight excluding hydrogens is 304 g/mol. The predicted octanol–water partition coefficient (Wildman–Crippen LogP) is 4.41. The Labute approximate surface area is 140 Å². The Balaban J connectivity index is 1.66. The van der Waals surface area contributed by atoms with E-state index in [-0.39, 0.29) is 5.91 Å². The van der Waals surface area contributed by atoms with Crippen molar-refractivity contribution in [2.24, 2.45) is 5.92 Å². The molecule has 1 N–H and O–H groups in total. The van der Waals surface area contributed by atoms with E-state index in [2.05, 4.69) is 17.4 Å². The van der Waals surface area contributed by atoms with Crippen molar-refractivity contribution < 1.29 is 13.7 Å². The van der Waals surface area contributed by atoms with E-state index in [0.29, 0.717) is 17.6 Å². The van der Waals surface area contributed by atoms with Crippen molar-refractivity contribution in [2.45, 2.75) is 40.0 Å². The van der Waals surface area contributed by atoms with Gasteiger partial charge in [0.05, 0.1) is 5.69 Å². The second kappa shape index (κ2) is 5.51. The Hall–Kier alpha value is -2.56. The standard InChI is InChI=1S/C19H20N2O3/c1-10-4-6-15-14(9-10)19(24-21-15)20-18(22)17-12(3)13-8-11(2)5-7-16(13)23-17/h5,7-8,10H,4,6,9H2,1-3H3,(H,20,22)/t10-/m1/s1. The summed E-state index contributed by atoms with van der Waals surface area (Å²) in [4.78, 5) is 12.7. The van der Waals surface area contributed by atoms with Gasteiger partial charge in [-0.25, -0.2) is 0 Å². The van der Waals surface area contributed by atoms with Gasteiger partial charge in [-0.15, -0.1) is 0 Å². The zero-order valence-electron chi connectivity index (χ0n) is 14.1. The van der Waals surface area contributed by atoms with Crippen molar-refractivity contribution in [1.29, 1.82) is 0 Å². The Morgan fingerprint density at radius 3 is 3.00 bits per heavy atom. The minimum absolute atomic E-state index is 0.293. The van der Waals surface area contributed by atoms with Gasteiger partial charge in [-0.05, 0) is 51.2 Å². The summed E-state index contributed by atoms with van der Waals surface area (Å²) < 4.78 is 11.1. The molecule has 1 amide bonds. The third-order valence-electron chi connectivity index (χ3n) is 4.82. The van der Waals surface area contributed by atoms with Crippen molar-refractivity contribution >= 4 is 22.8 Å². The molecule has 1 aromatic carbocycles. The van der Waals surface area contributed by atoms with Gasteiger partial charge < -0.3 is 8.94 Å². The maximum Gasteiger partial charge on any atom is 0.294 e. The number of nitrogens with zero attached hydrogens (tertiary/aromatic N) is 1. The maximum absolute atomic E-state index is 12.7. The SMILES string of the molecule is Cc1ccc2oc(C(=O)Nc3onc4c3C[C@H](C)CC4)c(C)c2c1. The number of anilines is 1. The molecular formula is C19H20N2O3. The zero-order chi connectivity index (χ0) is 16.8. The summed E-state index contributed by atoms with van der Waals surface area (Å²) in [6, 6.07) is 5.90. The fourth-order valence-electron chi connectivity index (χ4n) is 3.39. The van der Waals surface area contributed by atoms with Crippen molar-refractivity contribution in [3.8, 4) is 0 Å². The van der Waals surface area contributed by atoms with Gasteiger partial charge in [0.1, 0.15) is 5.58 Å². The quantitative estimate of drug-likeness (QED) is 0.758. The molecule has 2 aromatic heterocycles. The third kappa shape index (κ3) is 2.40. The molecule has 1 aliphatic carbocycles. The van der Waals surface area contributed by atoms with E-state index in [1.54, 1.807) is 0 Å². The number of aromatic nitrogens is 1. The average molecular weight is 324 g/mol. The number of hydrogen-bond donors (Lipinski definition) is 1. The summed E-state index contributed by atoms with van der Waals surface area (Å²) in [7, 11) is 0. The summed E-state index contributed by atoms with van der Waals surface area (Å²) in [5.74, 6) is 1.06. The molecule has 0 spiro atoms. The third-order valence-corrected chi connectivity index (χ3v) is 4.82. The van der Waals surface area contributed by atoms with Crippen LogP contribution in [0.4, 0.5) is 5.88 Å². The molecule has 124 valence electrons. The smallest absolute Gasteiger partial charge is 0.294 e. The number of amides is 1. The van der Waals surface area contributed by atoms with Crippen LogP contribution in [-0.2, 0) is 12.8 Å². The summed E-state index contributed by atoms with van der Waals surface area (Å²) in [6.45, 7) is 6.12. The maximum atomic E-state index is 12.7. The normalized spacial score (nSPS) is 17.0. The van der Waals surface area contributed by atoms with Gasteiger partial charge in [-0.2, -0.15) is 0 Å². The number of carbonyl (C=O) groups excluding carboxylic acids is 1. The number of hydrogen-bond acceptors (Lipinski definition) is 4. The minimum Gasteiger partial charge on any atom is -0.451 e. The summed E-state index contributed by atoms with van der Waals surface area (Å²) >= 11 is 0. The molecule has 4 rings (SSSR count). The van der Waals surface area contributed by atoms with Gasteiger partial charge in [0, 0.05) is 16.5 Å². The first-order chi connectivity index (χ1) is 11.5. The van der Waals surface area contributed by atoms with Crippen molar-refractivity contribution in [3.63, 3.8) is 0 Å². The molecule has 5 heteroatoms. The first-order valence-electron chi connectivity index (χ1n) is 8.31. The molecule has 24 heavy (non-hydrogen) atoms. The Morgan fingerprint density at radius 1 is 1.33 bits per heavy atom. The van der Waals surface area contributed by atoms with Crippen LogP contribution in [0.1, 0.15) is 46.3 Å². The molecule has 5 nitrogen and oxygen atoms in total. The number of aryl methyl sites for hydroxylation is 3. The van der Waals surface area contributed by atoms with Gasteiger partial charge in [0.25, 0.3) is 5.91 Å². The second-order valence-corrected chi connectivity index (χ2v) is 6.79. The lowest BCUT2D eigenvalue weighted by Crippen LogP contribution is -2.16. The number of fused-ring (bicyclic) bond motifs is 2. The van der Waals surface area contributed by atoms with Crippen LogP contribution in [0.15, 0.2) is 27.1 Å². The van der Waals surface area contributed by atoms with Crippen LogP contribution < -0.4 is 5.32 Å². The molecule has 1 atom stereocenters. The Morgan fingerprint density at radius 2 is 2.17 bits per heavy atom. The highest BCUT2D eigenvalue weighted by atomic mass is 16.5. The van der Waals surface area contributed by atoms with Gasteiger partial charge >= 0.3 is 0 Å². The number of furan rings is 1. The average Bonchev–Trinajstić information content (AvgIpc) is 3.09. The summed E-state index contributed by atoms with van der Waals surface area (Å²) in [5.41, 5.74) is 4.67. The molecule has 3 aromatic rings. The Bertz CT molecular complexity index is 936. The molecule has 0 saturated heterocycles. The Kier molecular flexibility index (Phi) is 3.44. The van der Waals surface area contributed by atoms with Crippen LogP contribution in [0.25, 0.3) is 11.0 Å². The minimum atomic E-state index is -0.293. The largest absolute Gasteiger partial charge is 0.451 e. The van der Waals surface area contributed by atoms with E-state index in [0.717, 1.165) is 52.6 Å². The van der Waals surface area contributed by atoms with Crippen molar-refractivity contribution in [2.75, 3.05) is 5.32 Å². The van der Waals surface area contributed by atoms with Gasteiger partial charge in [-0.1, -0.05) is 23.7 Å². The lowest BCUT2D eigenvalue weighted by Gasteiger charge is -2.16. The molecule has 0 bridgehead atoms. The van der Waals surface area contributed by atoms with Crippen molar-refractivity contribution in [3.05, 3.63) is 46.3 Å².